The first-order valence-corrected chi connectivity index (χ1v) is 10.8. The fourth-order valence-corrected chi connectivity index (χ4v) is 4.75. The van der Waals surface area contributed by atoms with E-state index in [1.54, 1.807) is 18.2 Å². The molecule has 0 N–H and O–H groups in total. The molecule has 3 aromatic rings. The van der Waals surface area contributed by atoms with E-state index in [-0.39, 0.29) is 11.5 Å². The number of hydrogen-bond donors (Lipinski definition) is 0. The van der Waals surface area contributed by atoms with Crippen molar-refractivity contribution in [1.82, 2.24) is 0 Å². The Hall–Kier alpha value is -1.88. The van der Waals surface area contributed by atoms with Gasteiger partial charge in [-0.15, -0.1) is 11.3 Å². The molecule has 152 valence electrons. The number of thiophene rings is 1. The number of hydrogen-bond acceptors (Lipinski definition) is 3. The Morgan fingerprint density at radius 3 is 2.04 bits per heavy atom. The minimum absolute atomic E-state index is 0.169. The fourth-order valence-electron chi connectivity index (χ4n) is 3.59. The van der Waals surface area contributed by atoms with Gasteiger partial charge in [-0.2, -0.15) is 0 Å². The molecule has 0 saturated carbocycles. The second-order valence-corrected chi connectivity index (χ2v) is 8.72. The van der Waals surface area contributed by atoms with Gasteiger partial charge in [-0.05, 0) is 42.5 Å². The molecule has 2 nitrogen and oxygen atoms in total. The van der Waals surface area contributed by atoms with Crippen LogP contribution in [0.15, 0.2) is 24.3 Å². The number of benzene rings is 2. The van der Waals surface area contributed by atoms with Gasteiger partial charge in [-0.25, -0.2) is 8.78 Å². The summed E-state index contributed by atoms with van der Waals surface area (Å²) in [7, 11) is 1.42. The summed E-state index contributed by atoms with van der Waals surface area (Å²) >= 11 is 1.10. The molecular weight excluding hydrogens is 378 g/mol. The second kappa shape index (κ2) is 9.08. The van der Waals surface area contributed by atoms with Crippen molar-refractivity contribution in [3.8, 4) is 11.5 Å². The van der Waals surface area contributed by atoms with Crippen LogP contribution in [-0.2, 0) is 0 Å². The molecule has 2 aromatic carbocycles. The van der Waals surface area contributed by atoms with Gasteiger partial charge in [0.05, 0.1) is 23.1 Å². The summed E-state index contributed by atoms with van der Waals surface area (Å²) < 4.78 is 41.2. The van der Waals surface area contributed by atoms with Crippen LogP contribution in [0.3, 0.4) is 0 Å². The van der Waals surface area contributed by atoms with Gasteiger partial charge in [0.15, 0.2) is 23.1 Å². The molecule has 0 radical (unpaired) electrons. The Balaban J connectivity index is 1.77. The Labute approximate surface area is 169 Å². The van der Waals surface area contributed by atoms with Crippen molar-refractivity contribution >= 4 is 31.5 Å². The molecular formula is C23H28F2O2S. The van der Waals surface area contributed by atoms with Crippen molar-refractivity contribution in [2.45, 2.75) is 46.5 Å². The summed E-state index contributed by atoms with van der Waals surface area (Å²) in [5.41, 5.74) is 0. The summed E-state index contributed by atoms with van der Waals surface area (Å²) in [6, 6.07) is 6.81. The van der Waals surface area contributed by atoms with Crippen LogP contribution in [0.2, 0.25) is 0 Å². The Morgan fingerprint density at radius 1 is 0.857 bits per heavy atom. The number of fused-ring (bicyclic) bond motifs is 3. The van der Waals surface area contributed by atoms with E-state index in [9.17, 15) is 4.39 Å². The van der Waals surface area contributed by atoms with Crippen molar-refractivity contribution in [2.75, 3.05) is 13.7 Å². The molecule has 0 aliphatic rings. The van der Waals surface area contributed by atoms with Gasteiger partial charge in [0.2, 0.25) is 0 Å². The van der Waals surface area contributed by atoms with Gasteiger partial charge >= 0.3 is 0 Å². The molecule has 28 heavy (non-hydrogen) atoms. The van der Waals surface area contributed by atoms with E-state index in [0.29, 0.717) is 38.6 Å². The highest BCUT2D eigenvalue weighted by molar-refractivity contribution is 7.25. The van der Waals surface area contributed by atoms with Gasteiger partial charge < -0.3 is 9.47 Å². The molecule has 0 aliphatic carbocycles. The molecule has 0 bridgehead atoms. The molecule has 1 heterocycles. The van der Waals surface area contributed by atoms with Crippen LogP contribution in [0.4, 0.5) is 8.78 Å². The predicted octanol–water partition coefficient (Wildman–Crippen LogP) is 7.57. The third kappa shape index (κ3) is 4.24. The van der Waals surface area contributed by atoms with E-state index < -0.39 is 11.6 Å². The zero-order chi connectivity index (χ0) is 20.3. The van der Waals surface area contributed by atoms with Crippen LogP contribution < -0.4 is 9.47 Å². The SMILES string of the molecule is CCC[C@@H](C)CC[C@H](C)COc1ccc2c(sc3c(F)c(OC)ccc32)c1F. The summed E-state index contributed by atoms with van der Waals surface area (Å²) in [4.78, 5) is 0. The lowest BCUT2D eigenvalue weighted by Gasteiger charge is -2.16. The van der Waals surface area contributed by atoms with Crippen LogP contribution in [0.5, 0.6) is 11.5 Å². The largest absolute Gasteiger partial charge is 0.494 e. The summed E-state index contributed by atoms with van der Waals surface area (Å²) in [6.07, 6.45) is 4.68. The Bertz CT molecular complexity index is 951. The van der Waals surface area contributed by atoms with Crippen LogP contribution in [0.1, 0.15) is 46.5 Å². The van der Waals surface area contributed by atoms with Gasteiger partial charge in [-0.3, -0.25) is 0 Å². The van der Waals surface area contributed by atoms with E-state index in [0.717, 1.165) is 24.2 Å². The van der Waals surface area contributed by atoms with Crippen LogP contribution >= 0.6 is 11.3 Å². The highest BCUT2D eigenvalue weighted by Gasteiger charge is 2.18. The zero-order valence-corrected chi connectivity index (χ0v) is 17.8. The lowest BCUT2D eigenvalue weighted by Crippen LogP contribution is -2.10. The van der Waals surface area contributed by atoms with Crippen molar-refractivity contribution < 1.29 is 18.3 Å². The summed E-state index contributed by atoms with van der Waals surface area (Å²) in [6.45, 7) is 7.10. The fraction of sp³-hybridized carbons (Fsp3) is 0.478. The van der Waals surface area contributed by atoms with E-state index in [2.05, 4.69) is 20.8 Å². The number of halogens is 2. The van der Waals surface area contributed by atoms with Crippen LogP contribution in [0, 0.1) is 23.5 Å². The standard InChI is InChI=1S/C23H28F2O2S/c1-5-6-14(2)7-8-15(3)13-27-19-12-10-17-16-9-11-18(26-4)20(24)22(16)28-23(17)21(19)25/h9-12,14-15H,5-8,13H2,1-4H3/t14-,15+/m1/s1. The van der Waals surface area contributed by atoms with Crippen molar-refractivity contribution in [1.29, 1.82) is 0 Å². The molecule has 0 fully saturated rings. The maximum absolute atomic E-state index is 15.0. The minimum atomic E-state index is -0.446. The third-order valence-electron chi connectivity index (χ3n) is 5.29. The highest BCUT2D eigenvalue weighted by Crippen LogP contribution is 2.41. The van der Waals surface area contributed by atoms with E-state index >= 15 is 4.39 Å². The number of ether oxygens (including phenoxy) is 2. The normalized spacial score (nSPS) is 13.8. The summed E-state index contributed by atoms with van der Waals surface area (Å²) in [5.74, 6) is 0.618. The van der Waals surface area contributed by atoms with Crippen molar-refractivity contribution in [2.24, 2.45) is 11.8 Å². The highest BCUT2D eigenvalue weighted by atomic mass is 32.1. The quantitative estimate of drug-likeness (QED) is 0.365. The first-order valence-electron chi connectivity index (χ1n) is 9.96. The first-order chi connectivity index (χ1) is 13.5. The number of methoxy groups -OCH3 is 1. The summed E-state index contributed by atoms with van der Waals surface area (Å²) in [5, 5.41) is 1.40. The molecule has 0 saturated heterocycles. The van der Waals surface area contributed by atoms with Gasteiger partial charge in [0, 0.05) is 10.8 Å². The average Bonchev–Trinajstić information content (AvgIpc) is 3.07. The third-order valence-corrected chi connectivity index (χ3v) is 6.50. The molecule has 0 unspecified atom stereocenters. The van der Waals surface area contributed by atoms with Gasteiger partial charge in [0.25, 0.3) is 0 Å². The smallest absolute Gasteiger partial charge is 0.182 e. The molecule has 2 atom stereocenters. The maximum atomic E-state index is 15.0. The minimum Gasteiger partial charge on any atom is -0.494 e. The molecule has 5 heteroatoms. The monoisotopic (exact) mass is 406 g/mol. The van der Waals surface area contributed by atoms with Crippen molar-refractivity contribution in [3.05, 3.63) is 35.9 Å². The predicted molar refractivity (Wildman–Crippen MR) is 114 cm³/mol. The van der Waals surface area contributed by atoms with Gasteiger partial charge in [0.1, 0.15) is 0 Å². The Morgan fingerprint density at radius 2 is 1.43 bits per heavy atom. The van der Waals surface area contributed by atoms with E-state index in [4.69, 9.17) is 9.47 Å². The lowest BCUT2D eigenvalue weighted by molar-refractivity contribution is 0.234. The molecule has 1 aromatic heterocycles. The molecule has 3 rings (SSSR count). The van der Waals surface area contributed by atoms with Crippen LogP contribution in [0.25, 0.3) is 20.2 Å². The number of rotatable bonds is 9. The first kappa shape index (κ1) is 20.8. The van der Waals surface area contributed by atoms with Crippen LogP contribution in [-0.4, -0.2) is 13.7 Å². The van der Waals surface area contributed by atoms with Gasteiger partial charge in [-0.1, -0.05) is 40.0 Å². The second-order valence-electron chi connectivity index (χ2n) is 7.70. The van der Waals surface area contributed by atoms with Crippen molar-refractivity contribution in [3.63, 3.8) is 0 Å². The van der Waals surface area contributed by atoms with E-state index in [1.165, 1.54) is 20.0 Å². The molecule has 0 spiro atoms. The Kier molecular flexibility index (Phi) is 6.76. The zero-order valence-electron chi connectivity index (χ0n) is 17.0. The maximum Gasteiger partial charge on any atom is 0.182 e. The topological polar surface area (TPSA) is 18.5 Å². The lowest BCUT2D eigenvalue weighted by atomic mass is 9.95. The van der Waals surface area contributed by atoms with E-state index in [1.807, 2.05) is 6.07 Å². The molecule has 0 aliphatic heterocycles. The average molecular weight is 407 g/mol. The molecule has 0 amide bonds.